The molecule has 4 heterocycles. The molecule has 0 atom stereocenters. The van der Waals surface area contributed by atoms with Crippen molar-refractivity contribution in [1.29, 1.82) is 0 Å². The van der Waals surface area contributed by atoms with Crippen molar-refractivity contribution in [3.05, 3.63) is 163 Å². The van der Waals surface area contributed by atoms with E-state index >= 15 is 0 Å². The van der Waals surface area contributed by atoms with E-state index in [-0.39, 0.29) is 0 Å². The van der Waals surface area contributed by atoms with Crippen molar-refractivity contribution >= 4 is 87.8 Å². The maximum absolute atomic E-state index is 5.35. The molecule has 0 fully saturated rings. The Kier molecular flexibility index (Phi) is 5.22. The molecule has 0 saturated carbocycles. The summed E-state index contributed by atoms with van der Waals surface area (Å²) >= 11 is 0. The van der Waals surface area contributed by atoms with Gasteiger partial charge in [-0.2, -0.15) is 0 Å². The quantitative estimate of drug-likeness (QED) is 0.186. The van der Waals surface area contributed by atoms with Crippen molar-refractivity contribution in [2.45, 2.75) is 12.8 Å². The Morgan fingerprint density at radius 2 is 1.19 bits per heavy atom. The van der Waals surface area contributed by atoms with Crippen LogP contribution in [0.1, 0.15) is 24.0 Å². The summed E-state index contributed by atoms with van der Waals surface area (Å²) in [5, 5.41) is 10.3. The van der Waals surface area contributed by atoms with E-state index in [4.69, 9.17) is 4.99 Å². The lowest BCUT2D eigenvalue weighted by Crippen LogP contribution is -2.06. The fourth-order valence-corrected chi connectivity index (χ4v) is 8.50. The molecule has 11 rings (SSSR count). The Bertz CT molecular complexity index is 2990. The standard InChI is InChI=1S/C45H29N3/c1-2-14-29(15-3-1)37-21-12-24-41(33-19-6-9-20-38(33)46-37)47-39-22-10-7-17-31(39)35-27-36-32-18-8-11-23-40(32)48-43-30-16-5-4-13-28(30)25-26-34(43)42(44(35)47)45(36)48/h1-11,13-20,22-27H,12,21H2/b41-24+,46-37+. The Morgan fingerprint density at radius 1 is 0.500 bits per heavy atom. The highest BCUT2D eigenvalue weighted by Gasteiger charge is 2.26. The van der Waals surface area contributed by atoms with Crippen LogP contribution in [0, 0.1) is 0 Å². The molecule has 0 aliphatic carbocycles. The fourth-order valence-electron chi connectivity index (χ4n) is 8.50. The number of rotatable bonds is 2. The zero-order valence-electron chi connectivity index (χ0n) is 26.2. The molecule has 3 nitrogen and oxygen atoms in total. The maximum Gasteiger partial charge on any atom is 0.0726 e. The minimum absolute atomic E-state index is 0.874. The number of hydrogen-bond donors (Lipinski definition) is 0. The molecule has 0 radical (unpaired) electrons. The molecule has 224 valence electrons. The highest BCUT2D eigenvalue weighted by Crippen LogP contribution is 2.48. The van der Waals surface area contributed by atoms with Crippen LogP contribution in [-0.4, -0.2) is 14.7 Å². The molecule has 1 aliphatic heterocycles. The molecule has 3 aromatic heterocycles. The lowest BCUT2D eigenvalue weighted by molar-refractivity contribution is 1.06. The number of aromatic nitrogens is 2. The van der Waals surface area contributed by atoms with E-state index in [0.717, 1.165) is 29.8 Å². The Hall–Kier alpha value is -6.19. The topological polar surface area (TPSA) is 21.7 Å². The van der Waals surface area contributed by atoms with Gasteiger partial charge in [0.1, 0.15) is 0 Å². The summed E-state index contributed by atoms with van der Waals surface area (Å²) < 4.78 is 5.09. The summed E-state index contributed by atoms with van der Waals surface area (Å²) in [6.07, 6.45) is 4.22. The summed E-state index contributed by atoms with van der Waals surface area (Å²) in [4.78, 5) is 5.35. The molecular formula is C45H29N3. The van der Waals surface area contributed by atoms with Crippen LogP contribution in [0.2, 0.25) is 0 Å². The number of para-hydroxylation sites is 3. The van der Waals surface area contributed by atoms with Gasteiger partial charge in [-0.15, -0.1) is 0 Å². The van der Waals surface area contributed by atoms with Crippen LogP contribution in [0.4, 0.5) is 5.69 Å². The number of aliphatic imine (C=N–C) groups is 1. The lowest BCUT2D eigenvalue weighted by atomic mass is 9.99. The molecule has 0 spiro atoms. The lowest BCUT2D eigenvalue weighted by Gasteiger charge is -2.19. The first-order valence-electron chi connectivity index (χ1n) is 16.8. The third kappa shape index (κ3) is 3.40. The van der Waals surface area contributed by atoms with Gasteiger partial charge < -0.3 is 8.97 Å². The van der Waals surface area contributed by atoms with Crippen LogP contribution in [-0.2, 0) is 0 Å². The van der Waals surface area contributed by atoms with E-state index in [0.29, 0.717) is 0 Å². The fraction of sp³-hybridized carbons (Fsp3) is 0.0444. The van der Waals surface area contributed by atoms with Crippen LogP contribution in [0.3, 0.4) is 0 Å². The van der Waals surface area contributed by atoms with Crippen molar-refractivity contribution in [3.63, 3.8) is 0 Å². The van der Waals surface area contributed by atoms with Gasteiger partial charge in [0.2, 0.25) is 0 Å². The molecule has 0 bridgehead atoms. The second-order valence-corrected chi connectivity index (χ2v) is 13.0. The molecule has 0 N–H and O–H groups in total. The van der Waals surface area contributed by atoms with Gasteiger partial charge in [-0.05, 0) is 48.1 Å². The number of allylic oxidation sites excluding steroid dienone is 1. The van der Waals surface area contributed by atoms with Gasteiger partial charge in [0.25, 0.3) is 0 Å². The number of hydrogen-bond acceptors (Lipinski definition) is 1. The third-order valence-corrected chi connectivity index (χ3v) is 10.5. The SMILES string of the molecule is C1=C(/n2c3ccccc3c3cc4c5ccccc5n5c6c7ccccc7ccc6c(c32)c45)c2ccccc2/N=C(/c2ccccc2)CC/1. The summed E-state index contributed by atoms with van der Waals surface area (Å²) in [7, 11) is 0. The van der Waals surface area contributed by atoms with Gasteiger partial charge in [0.05, 0.1) is 39.0 Å². The van der Waals surface area contributed by atoms with E-state index in [1.54, 1.807) is 0 Å². The number of benzene rings is 7. The monoisotopic (exact) mass is 611 g/mol. The minimum atomic E-state index is 0.874. The second-order valence-electron chi connectivity index (χ2n) is 13.0. The van der Waals surface area contributed by atoms with Crippen molar-refractivity contribution < 1.29 is 0 Å². The van der Waals surface area contributed by atoms with Gasteiger partial charge in [-0.3, -0.25) is 4.99 Å². The highest BCUT2D eigenvalue weighted by molar-refractivity contribution is 6.36. The van der Waals surface area contributed by atoms with Gasteiger partial charge in [-0.25, -0.2) is 0 Å². The zero-order valence-corrected chi connectivity index (χ0v) is 26.2. The summed E-state index contributed by atoms with van der Waals surface area (Å²) in [6.45, 7) is 0. The van der Waals surface area contributed by atoms with Crippen LogP contribution >= 0.6 is 0 Å². The maximum atomic E-state index is 5.35. The van der Waals surface area contributed by atoms with Crippen molar-refractivity contribution in [1.82, 2.24) is 8.97 Å². The average molecular weight is 612 g/mol. The molecule has 48 heavy (non-hydrogen) atoms. The minimum Gasteiger partial charge on any atom is -0.308 e. The molecule has 3 heteroatoms. The Balaban J connectivity index is 1.33. The van der Waals surface area contributed by atoms with E-state index < -0.39 is 0 Å². The smallest absolute Gasteiger partial charge is 0.0726 e. The summed E-state index contributed by atoms with van der Waals surface area (Å²) in [5.74, 6) is 0. The van der Waals surface area contributed by atoms with E-state index in [1.807, 2.05) is 0 Å². The molecule has 0 unspecified atom stereocenters. The average Bonchev–Trinajstić information content (AvgIpc) is 3.77. The Morgan fingerprint density at radius 3 is 2.06 bits per heavy atom. The van der Waals surface area contributed by atoms with Crippen molar-refractivity contribution in [2.24, 2.45) is 4.99 Å². The highest BCUT2D eigenvalue weighted by atomic mass is 15.0. The first-order chi connectivity index (χ1) is 23.8. The predicted octanol–water partition coefficient (Wildman–Crippen LogP) is 11.9. The second kappa shape index (κ2) is 9.66. The van der Waals surface area contributed by atoms with Gasteiger partial charge in [-0.1, -0.05) is 127 Å². The third-order valence-electron chi connectivity index (χ3n) is 10.5. The zero-order chi connectivity index (χ0) is 31.3. The predicted molar refractivity (Wildman–Crippen MR) is 203 cm³/mol. The van der Waals surface area contributed by atoms with E-state index in [1.165, 1.54) is 81.9 Å². The first-order valence-corrected chi connectivity index (χ1v) is 16.8. The molecular weight excluding hydrogens is 583 g/mol. The summed E-state index contributed by atoms with van der Waals surface area (Å²) in [5.41, 5.74) is 12.0. The van der Waals surface area contributed by atoms with Crippen LogP contribution in [0.15, 0.2) is 157 Å². The van der Waals surface area contributed by atoms with Crippen LogP contribution in [0.5, 0.6) is 0 Å². The first kappa shape index (κ1) is 25.9. The molecule has 1 aliphatic rings. The van der Waals surface area contributed by atoms with Crippen LogP contribution in [0.25, 0.3) is 76.4 Å². The largest absolute Gasteiger partial charge is 0.308 e. The molecule has 10 aromatic rings. The summed E-state index contributed by atoms with van der Waals surface area (Å²) in [6, 6.07) is 53.1. The van der Waals surface area contributed by atoms with Crippen molar-refractivity contribution in [3.8, 4) is 0 Å². The van der Waals surface area contributed by atoms with Crippen LogP contribution < -0.4 is 0 Å². The van der Waals surface area contributed by atoms with Gasteiger partial charge in [0.15, 0.2) is 0 Å². The molecule has 7 aromatic carbocycles. The van der Waals surface area contributed by atoms with Crippen molar-refractivity contribution in [2.75, 3.05) is 0 Å². The van der Waals surface area contributed by atoms with E-state index in [9.17, 15) is 0 Å². The van der Waals surface area contributed by atoms with Gasteiger partial charge in [0, 0.05) is 49.0 Å². The number of nitrogens with zero attached hydrogens (tertiary/aromatic N) is 3. The van der Waals surface area contributed by atoms with Gasteiger partial charge >= 0.3 is 0 Å². The Labute approximate surface area is 276 Å². The normalized spacial score (nSPS) is 16.1. The molecule has 0 saturated heterocycles. The molecule has 0 amide bonds. The van der Waals surface area contributed by atoms with E-state index in [2.05, 4.69) is 161 Å². The number of fused-ring (bicyclic) bond motifs is 13.